The number of aromatic amines is 1. The van der Waals surface area contributed by atoms with Crippen molar-refractivity contribution in [2.75, 3.05) is 0 Å². The van der Waals surface area contributed by atoms with E-state index in [1.807, 2.05) is 30.5 Å². The quantitative estimate of drug-likeness (QED) is 0.300. The maximum atomic E-state index is 8.47. The summed E-state index contributed by atoms with van der Waals surface area (Å²) >= 11 is 0. The summed E-state index contributed by atoms with van der Waals surface area (Å²) in [5.74, 6) is -0.0499. The van der Waals surface area contributed by atoms with Gasteiger partial charge in [-0.3, -0.25) is 0 Å². The van der Waals surface area contributed by atoms with E-state index in [2.05, 4.69) is 15.2 Å². The van der Waals surface area contributed by atoms with Crippen molar-refractivity contribution < 1.29 is 15.5 Å². The number of aromatic nitrogens is 1. The number of guanidine groups is 1. The van der Waals surface area contributed by atoms with Crippen LogP contribution in [0.4, 0.5) is 0 Å². The third-order valence-corrected chi connectivity index (χ3v) is 1.99. The number of para-hydroxylation sites is 1. The minimum Gasteiger partial charge on any atom is -0.369 e. The molecule has 1 aromatic heterocycles. The number of hydrogen-bond acceptors (Lipinski definition) is 3. The number of fused-ring (bicyclic) bond motifs is 1. The van der Waals surface area contributed by atoms with Gasteiger partial charge in [0, 0.05) is 22.7 Å². The average Bonchev–Trinajstić information content (AvgIpc) is 2.72. The molecule has 0 saturated carbocycles. The minimum atomic E-state index is -1.25. The molecule has 2 aromatic rings. The largest absolute Gasteiger partial charge is 0.472 e. The summed E-state index contributed by atoms with van der Waals surface area (Å²) in [4.78, 5) is 11.6. The summed E-state index contributed by atoms with van der Waals surface area (Å²) in [6, 6.07) is 7.93. The molecular weight excluding hydrogens is 252 g/mol. The Morgan fingerprint density at radius 3 is 2.58 bits per heavy atom. The van der Waals surface area contributed by atoms with Gasteiger partial charge < -0.3 is 16.5 Å². The second-order valence-electron chi connectivity index (χ2n) is 3.31. The Labute approximate surface area is 107 Å². The van der Waals surface area contributed by atoms with Crippen molar-refractivity contribution in [3.8, 4) is 0 Å². The van der Waals surface area contributed by atoms with Gasteiger partial charge in [-0.1, -0.05) is 18.2 Å². The van der Waals surface area contributed by atoms with Crippen molar-refractivity contribution >= 4 is 23.1 Å². The molecule has 0 aliphatic rings. The summed E-state index contributed by atoms with van der Waals surface area (Å²) in [7, 11) is 0. The monoisotopic (exact) mass is 265 g/mol. The first kappa shape index (κ1) is 14.0. The van der Waals surface area contributed by atoms with E-state index >= 15 is 0 Å². The molecule has 7 N–H and O–H groups in total. The first-order valence-corrected chi connectivity index (χ1v) is 5.04. The molecule has 9 nitrogen and oxygen atoms in total. The Bertz CT molecular complexity index is 611. The third kappa shape index (κ3) is 4.73. The Morgan fingerprint density at radius 1 is 1.32 bits per heavy atom. The van der Waals surface area contributed by atoms with E-state index in [-0.39, 0.29) is 5.96 Å². The summed E-state index contributed by atoms with van der Waals surface area (Å²) in [6.07, 6.45) is 3.47. The van der Waals surface area contributed by atoms with Crippen molar-refractivity contribution in [1.82, 2.24) is 4.98 Å². The van der Waals surface area contributed by atoms with Crippen LogP contribution >= 0.6 is 0 Å². The normalized spacial score (nSPS) is 9.89. The van der Waals surface area contributed by atoms with Crippen LogP contribution in [0.2, 0.25) is 0 Å². The molecule has 0 spiro atoms. The smallest absolute Gasteiger partial charge is 0.369 e. The average molecular weight is 265 g/mol. The van der Waals surface area contributed by atoms with Gasteiger partial charge in [-0.2, -0.15) is 5.10 Å². The van der Waals surface area contributed by atoms with Crippen molar-refractivity contribution in [2.24, 2.45) is 21.7 Å². The van der Waals surface area contributed by atoms with Crippen LogP contribution < -0.4 is 11.5 Å². The van der Waals surface area contributed by atoms with Crippen LogP contribution in [0.5, 0.6) is 0 Å². The van der Waals surface area contributed by atoms with Crippen LogP contribution in [-0.2, 0) is 0 Å². The molecule has 0 atom stereocenters. The van der Waals surface area contributed by atoms with Crippen molar-refractivity contribution in [3.63, 3.8) is 0 Å². The molecule has 0 aliphatic carbocycles. The first-order chi connectivity index (χ1) is 9.00. The highest BCUT2D eigenvalue weighted by Gasteiger charge is 1.98. The van der Waals surface area contributed by atoms with Gasteiger partial charge >= 0.3 is 5.09 Å². The summed E-state index contributed by atoms with van der Waals surface area (Å²) < 4.78 is 0. The van der Waals surface area contributed by atoms with E-state index in [4.69, 9.17) is 26.8 Å². The number of nitrogens with one attached hydrogen (secondary N) is 1. The van der Waals surface area contributed by atoms with Crippen molar-refractivity contribution in [2.45, 2.75) is 0 Å². The second-order valence-corrected chi connectivity index (χ2v) is 3.31. The van der Waals surface area contributed by atoms with E-state index in [1.54, 1.807) is 6.21 Å². The number of nitrogens with zero attached hydrogens (tertiary/aromatic N) is 3. The number of rotatable bonds is 2. The Balaban J connectivity index is 0.000000399. The Hall–Kier alpha value is -3.10. The van der Waals surface area contributed by atoms with Crippen LogP contribution in [0.25, 0.3) is 10.9 Å². The maximum absolute atomic E-state index is 8.47. The van der Waals surface area contributed by atoms with Crippen LogP contribution in [0.3, 0.4) is 0 Å². The molecule has 19 heavy (non-hydrogen) atoms. The van der Waals surface area contributed by atoms with E-state index in [9.17, 15) is 0 Å². The van der Waals surface area contributed by atoms with Gasteiger partial charge in [-0.25, -0.2) is 10.4 Å². The fourth-order valence-electron chi connectivity index (χ4n) is 1.36. The van der Waals surface area contributed by atoms with E-state index in [0.717, 1.165) is 16.5 Å². The lowest BCUT2D eigenvalue weighted by Gasteiger charge is -1.89. The van der Waals surface area contributed by atoms with Crippen LogP contribution in [0, 0.1) is 4.91 Å². The summed E-state index contributed by atoms with van der Waals surface area (Å²) in [6.45, 7) is 0. The molecular formula is C10H13N6O3+. The number of nitrogens with two attached hydrogens (primary N) is 2. The lowest BCUT2D eigenvalue weighted by atomic mass is 10.2. The van der Waals surface area contributed by atoms with Gasteiger partial charge in [0.25, 0.3) is 0 Å². The van der Waals surface area contributed by atoms with Gasteiger partial charge in [0.1, 0.15) is 4.91 Å². The van der Waals surface area contributed by atoms with Crippen molar-refractivity contribution in [1.29, 1.82) is 0 Å². The van der Waals surface area contributed by atoms with Gasteiger partial charge in [-0.05, 0) is 6.07 Å². The molecule has 0 saturated heterocycles. The lowest BCUT2D eigenvalue weighted by Crippen LogP contribution is -2.21. The molecule has 0 radical (unpaired) electrons. The molecule has 0 bridgehead atoms. The SMILES string of the molecule is NC(N)=N/N=C/c1c[nH]c2ccccc12.O=[N+](O)O. The van der Waals surface area contributed by atoms with E-state index in [0.29, 0.717) is 0 Å². The van der Waals surface area contributed by atoms with Crippen LogP contribution in [0.1, 0.15) is 5.56 Å². The Morgan fingerprint density at radius 2 is 1.95 bits per heavy atom. The van der Waals surface area contributed by atoms with Gasteiger partial charge in [0.15, 0.2) is 0 Å². The standard InChI is InChI=1S/C10H11N5.H2NO3/c11-10(12)15-14-6-7-5-13-9-4-2-1-3-8(7)9;2-1(3)4/h1-6,13H,(H4,11,12,15);(H2,2,3,4)/q;+1/b14-6+;. The Kier molecular flexibility index (Phi) is 4.84. The second kappa shape index (κ2) is 6.59. The zero-order chi connectivity index (χ0) is 14.3. The summed E-state index contributed by atoms with van der Waals surface area (Å²) in [5, 5.41) is 20.9. The highest BCUT2D eigenvalue weighted by molar-refractivity contribution is 5.99. The zero-order valence-electron chi connectivity index (χ0n) is 9.76. The minimum absolute atomic E-state index is 0.0499. The van der Waals surface area contributed by atoms with Crippen LogP contribution in [-0.4, -0.2) is 32.7 Å². The molecule has 0 aliphatic heterocycles. The van der Waals surface area contributed by atoms with E-state index in [1.165, 1.54) is 0 Å². The predicted octanol–water partition coefficient (Wildman–Crippen LogP) is 0.319. The molecule has 1 aromatic carbocycles. The summed E-state index contributed by atoms with van der Waals surface area (Å²) in [5.41, 5.74) is 12.3. The zero-order valence-corrected chi connectivity index (χ0v) is 9.76. The molecule has 1 heterocycles. The predicted molar refractivity (Wildman–Crippen MR) is 68.9 cm³/mol. The maximum Gasteiger partial charge on any atom is 0.472 e. The van der Waals surface area contributed by atoms with Crippen LogP contribution in [0.15, 0.2) is 40.7 Å². The molecule has 0 amide bonds. The fraction of sp³-hybridized carbons (Fsp3) is 0. The molecule has 9 heteroatoms. The van der Waals surface area contributed by atoms with E-state index < -0.39 is 5.09 Å². The molecule has 0 fully saturated rings. The third-order valence-electron chi connectivity index (χ3n) is 1.99. The van der Waals surface area contributed by atoms with Crippen molar-refractivity contribution in [3.05, 3.63) is 40.9 Å². The van der Waals surface area contributed by atoms with Gasteiger partial charge in [-0.15, -0.1) is 5.10 Å². The molecule has 2 rings (SSSR count). The number of hydrogen-bond donors (Lipinski definition) is 5. The highest BCUT2D eigenvalue weighted by atomic mass is 16.9. The van der Waals surface area contributed by atoms with Gasteiger partial charge in [0.2, 0.25) is 5.96 Å². The first-order valence-electron chi connectivity index (χ1n) is 5.04. The number of H-pyrrole nitrogens is 1. The lowest BCUT2D eigenvalue weighted by molar-refractivity contribution is -0.969. The highest BCUT2D eigenvalue weighted by Crippen LogP contribution is 2.15. The van der Waals surface area contributed by atoms with Gasteiger partial charge in [0.05, 0.1) is 6.21 Å². The molecule has 0 unspecified atom stereocenters. The topological polar surface area (TPSA) is 153 Å². The fourth-order valence-corrected chi connectivity index (χ4v) is 1.36. The molecule has 100 valence electrons. The number of benzene rings is 1.